The quantitative estimate of drug-likeness (QED) is 0.570. The van der Waals surface area contributed by atoms with E-state index in [9.17, 15) is 14.7 Å². The molecule has 24 heavy (non-hydrogen) atoms. The second kappa shape index (κ2) is 7.81. The molecule has 2 rings (SSSR count). The van der Waals surface area contributed by atoms with Gasteiger partial charge < -0.3 is 19.9 Å². The van der Waals surface area contributed by atoms with Crippen molar-refractivity contribution in [3.8, 4) is 0 Å². The molecule has 1 aliphatic carbocycles. The number of anilines is 1. The molecule has 1 heterocycles. The zero-order valence-electron chi connectivity index (χ0n) is 13.7. The van der Waals surface area contributed by atoms with E-state index in [1.54, 1.807) is 13.0 Å². The van der Waals surface area contributed by atoms with Crippen molar-refractivity contribution in [2.24, 2.45) is 0 Å². The molecule has 0 saturated heterocycles. The summed E-state index contributed by atoms with van der Waals surface area (Å²) in [6.07, 6.45) is 2.82. The number of esters is 2. The smallest absolute Gasteiger partial charge is 0.341 e. The molecule has 0 aromatic carbocycles. The van der Waals surface area contributed by atoms with E-state index in [0.717, 1.165) is 0 Å². The Hall–Kier alpha value is -1.86. The second-order valence-corrected chi connectivity index (χ2v) is 6.21. The van der Waals surface area contributed by atoms with Crippen LogP contribution >= 0.6 is 11.6 Å². The number of hydrogen-bond donors (Lipinski definition) is 2. The van der Waals surface area contributed by atoms with Crippen LogP contribution in [0.15, 0.2) is 12.3 Å². The minimum atomic E-state index is -0.896. The highest BCUT2D eigenvalue weighted by molar-refractivity contribution is 6.29. The Balaban J connectivity index is 1.97. The Morgan fingerprint density at radius 1 is 1.50 bits per heavy atom. The van der Waals surface area contributed by atoms with Gasteiger partial charge in [0.2, 0.25) is 0 Å². The normalized spacial score (nSPS) is 22.4. The molecule has 2 N–H and O–H groups in total. The molecule has 7 nitrogen and oxygen atoms in total. The van der Waals surface area contributed by atoms with Gasteiger partial charge >= 0.3 is 11.9 Å². The Morgan fingerprint density at radius 3 is 2.83 bits per heavy atom. The molecule has 0 amide bonds. The van der Waals surface area contributed by atoms with Gasteiger partial charge in [-0.3, -0.25) is 4.79 Å². The van der Waals surface area contributed by atoms with E-state index in [1.165, 1.54) is 13.3 Å². The zero-order valence-corrected chi connectivity index (χ0v) is 14.4. The zero-order chi connectivity index (χ0) is 17.7. The van der Waals surface area contributed by atoms with E-state index in [-0.39, 0.29) is 30.2 Å². The largest absolute Gasteiger partial charge is 0.469 e. The fourth-order valence-corrected chi connectivity index (χ4v) is 2.90. The van der Waals surface area contributed by atoms with E-state index < -0.39 is 11.6 Å². The fourth-order valence-electron chi connectivity index (χ4n) is 2.74. The number of methoxy groups -OCH3 is 1. The van der Waals surface area contributed by atoms with E-state index in [2.05, 4.69) is 15.0 Å². The van der Waals surface area contributed by atoms with Gasteiger partial charge in [0.05, 0.1) is 25.0 Å². The number of pyridine rings is 1. The lowest BCUT2D eigenvalue weighted by Crippen LogP contribution is -2.51. The topological polar surface area (TPSA) is 97.8 Å². The van der Waals surface area contributed by atoms with E-state index in [4.69, 9.17) is 16.3 Å². The number of aromatic nitrogens is 1. The molecule has 1 aliphatic rings. The van der Waals surface area contributed by atoms with E-state index >= 15 is 0 Å². The van der Waals surface area contributed by atoms with Gasteiger partial charge in [-0.1, -0.05) is 11.6 Å². The van der Waals surface area contributed by atoms with Gasteiger partial charge in [-0.25, -0.2) is 9.78 Å². The van der Waals surface area contributed by atoms with Crippen molar-refractivity contribution in [1.82, 2.24) is 4.98 Å². The molecule has 1 saturated carbocycles. The van der Waals surface area contributed by atoms with Crippen molar-refractivity contribution in [2.75, 3.05) is 19.0 Å². The molecular weight excluding hydrogens is 336 g/mol. The number of ether oxygens (including phenoxy) is 2. The van der Waals surface area contributed by atoms with Crippen LogP contribution in [0.3, 0.4) is 0 Å². The number of carbonyl (C=O) groups excluding carboxylic acids is 2. The molecule has 0 aliphatic heterocycles. The second-order valence-electron chi connectivity index (χ2n) is 5.82. The Kier molecular flexibility index (Phi) is 6.01. The van der Waals surface area contributed by atoms with Gasteiger partial charge in [0, 0.05) is 18.7 Å². The summed E-state index contributed by atoms with van der Waals surface area (Å²) in [6.45, 7) is 1.99. The first kappa shape index (κ1) is 18.5. The lowest BCUT2D eigenvalue weighted by molar-refractivity contribution is -0.143. The molecule has 0 atom stereocenters. The van der Waals surface area contributed by atoms with Crippen LogP contribution in [-0.4, -0.2) is 47.4 Å². The first-order valence-corrected chi connectivity index (χ1v) is 8.13. The lowest BCUT2D eigenvalue weighted by atomic mass is 9.73. The number of carbonyl (C=O) groups is 2. The summed E-state index contributed by atoms with van der Waals surface area (Å²) >= 11 is 5.90. The summed E-state index contributed by atoms with van der Waals surface area (Å²) in [7, 11) is 1.32. The molecule has 0 spiro atoms. The molecule has 0 radical (unpaired) electrons. The predicted octanol–water partition coefficient (Wildman–Crippen LogP) is 2.17. The maximum Gasteiger partial charge on any atom is 0.341 e. The number of halogens is 1. The summed E-state index contributed by atoms with van der Waals surface area (Å²) < 4.78 is 9.57. The molecular formula is C16H21ClN2O5. The maximum absolute atomic E-state index is 12.0. The number of hydrogen-bond acceptors (Lipinski definition) is 7. The van der Waals surface area contributed by atoms with E-state index in [1.807, 2.05) is 0 Å². The highest BCUT2D eigenvalue weighted by atomic mass is 35.5. The third-order valence-electron chi connectivity index (χ3n) is 4.00. The minimum absolute atomic E-state index is 0.0284. The highest BCUT2D eigenvalue weighted by Crippen LogP contribution is 2.38. The summed E-state index contributed by atoms with van der Waals surface area (Å²) in [5.74, 6) is -0.824. The molecule has 1 aromatic heterocycles. The average Bonchev–Trinajstić information content (AvgIpc) is 2.51. The summed E-state index contributed by atoms with van der Waals surface area (Å²) in [5, 5.41) is 13.8. The fraction of sp³-hybridized carbons (Fsp3) is 0.562. The van der Waals surface area contributed by atoms with Crippen LogP contribution in [0.25, 0.3) is 0 Å². The molecule has 0 bridgehead atoms. The van der Waals surface area contributed by atoms with Crippen LogP contribution in [-0.2, 0) is 14.3 Å². The van der Waals surface area contributed by atoms with Gasteiger partial charge in [0.1, 0.15) is 10.7 Å². The molecule has 132 valence electrons. The Labute approximate surface area is 145 Å². The Morgan fingerprint density at radius 2 is 2.21 bits per heavy atom. The van der Waals surface area contributed by atoms with Crippen molar-refractivity contribution in [1.29, 1.82) is 0 Å². The summed E-state index contributed by atoms with van der Waals surface area (Å²) in [6, 6.07) is 1.53. The SMILES string of the molecule is CCOC(=O)c1cnc(Cl)cc1NC1CC(O)(CCC(=O)OC)C1. The van der Waals surface area contributed by atoms with Gasteiger partial charge in [-0.05, 0) is 32.3 Å². The van der Waals surface area contributed by atoms with Crippen LogP contribution in [0.2, 0.25) is 5.15 Å². The monoisotopic (exact) mass is 356 g/mol. The highest BCUT2D eigenvalue weighted by Gasteiger charge is 2.43. The first-order chi connectivity index (χ1) is 11.4. The van der Waals surface area contributed by atoms with Gasteiger partial charge in [-0.15, -0.1) is 0 Å². The number of rotatable bonds is 7. The maximum atomic E-state index is 12.0. The van der Waals surface area contributed by atoms with Crippen molar-refractivity contribution >= 4 is 29.2 Å². The van der Waals surface area contributed by atoms with Crippen molar-refractivity contribution in [3.63, 3.8) is 0 Å². The standard InChI is InChI=1S/C16H21ClN2O5/c1-3-24-15(21)11-9-18-13(17)6-12(11)19-10-7-16(22,8-10)5-4-14(20)23-2/h6,9-10,22H,3-5,7-8H2,1-2H3,(H,18,19). The minimum Gasteiger partial charge on any atom is -0.469 e. The number of aliphatic hydroxyl groups is 1. The van der Waals surface area contributed by atoms with Gasteiger partial charge in [0.15, 0.2) is 0 Å². The molecule has 0 unspecified atom stereocenters. The first-order valence-electron chi connectivity index (χ1n) is 7.75. The average molecular weight is 357 g/mol. The Bertz CT molecular complexity index is 616. The third-order valence-corrected chi connectivity index (χ3v) is 4.21. The molecule has 8 heteroatoms. The van der Waals surface area contributed by atoms with Crippen molar-refractivity contribution < 1.29 is 24.2 Å². The van der Waals surface area contributed by atoms with Crippen LogP contribution in [0.4, 0.5) is 5.69 Å². The molecule has 1 fully saturated rings. The van der Waals surface area contributed by atoms with Gasteiger partial charge in [0.25, 0.3) is 0 Å². The summed E-state index contributed by atoms with van der Waals surface area (Å²) in [4.78, 5) is 27.0. The predicted molar refractivity (Wildman–Crippen MR) is 88.0 cm³/mol. The van der Waals surface area contributed by atoms with Crippen LogP contribution in [0.5, 0.6) is 0 Å². The third kappa shape index (κ3) is 4.58. The number of nitrogens with one attached hydrogen (secondary N) is 1. The van der Waals surface area contributed by atoms with E-state index in [0.29, 0.717) is 30.5 Å². The summed E-state index contributed by atoms with van der Waals surface area (Å²) in [5.41, 5.74) is -0.0769. The van der Waals surface area contributed by atoms with Gasteiger partial charge in [-0.2, -0.15) is 0 Å². The van der Waals surface area contributed by atoms with Crippen molar-refractivity contribution in [2.45, 2.75) is 44.2 Å². The van der Waals surface area contributed by atoms with Crippen LogP contribution in [0, 0.1) is 0 Å². The lowest BCUT2D eigenvalue weighted by Gasteiger charge is -2.44. The van der Waals surface area contributed by atoms with Crippen LogP contribution < -0.4 is 5.32 Å². The van der Waals surface area contributed by atoms with Crippen molar-refractivity contribution in [3.05, 3.63) is 23.0 Å². The number of nitrogens with zero attached hydrogens (tertiary/aromatic N) is 1. The van der Waals surface area contributed by atoms with Crippen LogP contribution in [0.1, 0.15) is 43.0 Å². The molecule has 1 aromatic rings.